The van der Waals surface area contributed by atoms with Crippen molar-refractivity contribution in [1.82, 2.24) is 4.31 Å². The molecule has 0 spiro atoms. The van der Waals surface area contributed by atoms with Gasteiger partial charge in [0.1, 0.15) is 9.96 Å². The zero-order valence-electron chi connectivity index (χ0n) is 14.8. The molecule has 28 heavy (non-hydrogen) atoms. The van der Waals surface area contributed by atoms with Gasteiger partial charge in [0, 0.05) is 12.0 Å². The van der Waals surface area contributed by atoms with Crippen molar-refractivity contribution in [3.8, 4) is 11.8 Å². The number of carbonyl (C=O) groups is 1. The van der Waals surface area contributed by atoms with Crippen LogP contribution < -0.4 is 4.74 Å². The molecule has 148 valence electrons. The lowest BCUT2D eigenvalue weighted by Crippen LogP contribution is -2.37. The molecule has 0 bridgehead atoms. The first-order valence-corrected chi connectivity index (χ1v) is 10.1. The fourth-order valence-corrected chi connectivity index (χ4v) is 5.22. The van der Waals surface area contributed by atoms with Crippen LogP contribution in [0.15, 0.2) is 39.9 Å². The van der Waals surface area contributed by atoms with Crippen LogP contribution in [0, 0.1) is 16.7 Å². The Kier molecular flexibility index (Phi) is 5.25. The van der Waals surface area contributed by atoms with Gasteiger partial charge in [-0.15, -0.1) is 11.3 Å². The van der Waals surface area contributed by atoms with Gasteiger partial charge >= 0.3 is 6.18 Å². The largest absolute Gasteiger partial charge is 0.480 e. The van der Waals surface area contributed by atoms with Crippen molar-refractivity contribution in [2.24, 2.45) is 5.41 Å². The minimum atomic E-state index is -4.73. The van der Waals surface area contributed by atoms with Crippen LogP contribution in [0.3, 0.4) is 0 Å². The lowest BCUT2D eigenvalue weighted by molar-refractivity contribution is -0.137. The molecule has 1 saturated heterocycles. The molecule has 0 N–H and O–H groups in total. The van der Waals surface area contributed by atoms with E-state index in [1.807, 2.05) is 0 Å². The Bertz CT molecular complexity index is 965. The molecule has 2 unspecified atom stereocenters. The van der Waals surface area contributed by atoms with Gasteiger partial charge in [-0.25, -0.2) is 4.21 Å². The van der Waals surface area contributed by atoms with Crippen LogP contribution in [-0.2, 0) is 22.0 Å². The van der Waals surface area contributed by atoms with Gasteiger partial charge in [-0.05, 0) is 29.6 Å². The number of nitriles is 1. The molecule has 1 aromatic heterocycles. The van der Waals surface area contributed by atoms with Gasteiger partial charge in [0.05, 0.1) is 17.2 Å². The van der Waals surface area contributed by atoms with Crippen LogP contribution in [0.2, 0.25) is 0 Å². The summed E-state index contributed by atoms with van der Waals surface area (Å²) in [5.41, 5.74) is -2.44. The van der Waals surface area contributed by atoms with Gasteiger partial charge in [0.15, 0.2) is 17.1 Å². The first-order valence-electron chi connectivity index (χ1n) is 8.09. The van der Waals surface area contributed by atoms with E-state index in [0.717, 1.165) is 6.07 Å². The third-order valence-corrected chi connectivity index (χ3v) is 6.84. The lowest BCUT2D eigenvalue weighted by atomic mass is 9.89. The number of ether oxygens (including phenoxy) is 1. The Morgan fingerprint density at radius 1 is 1.36 bits per heavy atom. The van der Waals surface area contributed by atoms with Crippen molar-refractivity contribution in [2.75, 3.05) is 6.54 Å². The third-order valence-electron chi connectivity index (χ3n) is 4.27. The van der Waals surface area contributed by atoms with Crippen LogP contribution in [0.1, 0.15) is 25.0 Å². The summed E-state index contributed by atoms with van der Waals surface area (Å²) in [5, 5.41) is 10.6. The molecular weight excluding hydrogens is 413 g/mol. The average molecular weight is 428 g/mol. The van der Waals surface area contributed by atoms with Gasteiger partial charge in [-0.1, -0.05) is 19.9 Å². The molecule has 0 saturated carbocycles. The van der Waals surface area contributed by atoms with Crippen LogP contribution in [0.4, 0.5) is 13.2 Å². The van der Waals surface area contributed by atoms with E-state index >= 15 is 0 Å². The number of thiophene rings is 1. The molecule has 1 amide bonds. The zero-order valence-corrected chi connectivity index (χ0v) is 16.5. The quantitative estimate of drug-likeness (QED) is 0.739. The molecule has 1 aliphatic rings. The van der Waals surface area contributed by atoms with Crippen molar-refractivity contribution in [1.29, 1.82) is 5.26 Å². The number of rotatable bonds is 4. The standard InChI is InChI=1S/C18H15F3N2O3S2/c1-17(2)10-23(28(25)14-4-3-7-27-14)16(24)15(17)26-12-6-5-11(9-22)13(8-12)18(19,20)21/h3-8,15H,10H2,1-2H3. The molecule has 1 aromatic carbocycles. The fraction of sp³-hybridized carbons (Fsp3) is 0.333. The number of carbonyl (C=O) groups excluding carboxylic acids is 1. The summed E-state index contributed by atoms with van der Waals surface area (Å²) in [7, 11) is -1.71. The van der Waals surface area contributed by atoms with Crippen molar-refractivity contribution in [2.45, 2.75) is 30.3 Å². The minimum Gasteiger partial charge on any atom is -0.480 e. The van der Waals surface area contributed by atoms with E-state index in [1.165, 1.54) is 27.8 Å². The van der Waals surface area contributed by atoms with Gasteiger partial charge in [-0.2, -0.15) is 18.4 Å². The van der Waals surface area contributed by atoms with Crippen molar-refractivity contribution in [3.05, 3.63) is 46.8 Å². The SMILES string of the molecule is CC1(C)CN(S(=O)c2cccs2)C(=O)C1Oc1ccc(C#N)c(C(F)(F)F)c1. The van der Waals surface area contributed by atoms with E-state index in [1.54, 1.807) is 31.4 Å². The second-order valence-corrected chi connectivity index (χ2v) is 9.44. The Morgan fingerprint density at radius 2 is 2.07 bits per heavy atom. The Balaban J connectivity index is 1.89. The lowest BCUT2D eigenvalue weighted by Gasteiger charge is -2.24. The van der Waals surface area contributed by atoms with E-state index in [0.29, 0.717) is 10.3 Å². The van der Waals surface area contributed by atoms with E-state index in [-0.39, 0.29) is 12.3 Å². The second-order valence-electron chi connectivity index (χ2n) is 6.86. The van der Waals surface area contributed by atoms with Crippen molar-refractivity contribution >= 4 is 28.2 Å². The molecule has 2 aromatic rings. The Labute approximate surface area is 165 Å². The summed E-state index contributed by atoms with van der Waals surface area (Å²) in [6.45, 7) is 3.56. The smallest absolute Gasteiger partial charge is 0.417 e. The third kappa shape index (κ3) is 3.77. The number of hydrogen-bond acceptors (Lipinski definition) is 5. The monoisotopic (exact) mass is 428 g/mol. The highest BCUT2D eigenvalue weighted by atomic mass is 32.2. The van der Waals surface area contributed by atoms with Gasteiger partial charge in [0.25, 0.3) is 5.91 Å². The second kappa shape index (κ2) is 7.22. The summed E-state index contributed by atoms with van der Waals surface area (Å²) in [6.07, 6.45) is -5.84. The van der Waals surface area contributed by atoms with Crippen molar-refractivity contribution in [3.63, 3.8) is 0 Å². The summed E-state index contributed by atoms with van der Waals surface area (Å²) < 4.78 is 59.4. The summed E-state index contributed by atoms with van der Waals surface area (Å²) in [4.78, 5) is 12.8. The number of benzene rings is 1. The average Bonchev–Trinajstić information content (AvgIpc) is 3.23. The number of hydrogen-bond donors (Lipinski definition) is 0. The van der Waals surface area contributed by atoms with E-state index < -0.39 is 45.7 Å². The zero-order chi connectivity index (χ0) is 20.7. The van der Waals surface area contributed by atoms with E-state index in [4.69, 9.17) is 10.00 Å². The van der Waals surface area contributed by atoms with Crippen LogP contribution in [0.25, 0.3) is 0 Å². The molecule has 0 aliphatic carbocycles. The maximum absolute atomic E-state index is 13.2. The van der Waals surface area contributed by atoms with Gasteiger partial charge < -0.3 is 4.74 Å². The highest BCUT2D eigenvalue weighted by molar-refractivity contribution is 7.85. The first-order chi connectivity index (χ1) is 13.0. The number of amides is 1. The maximum atomic E-state index is 13.2. The first kappa shape index (κ1) is 20.4. The minimum absolute atomic E-state index is 0.128. The molecule has 2 heterocycles. The normalized spacial score (nSPS) is 20.1. The summed E-state index contributed by atoms with van der Waals surface area (Å²) >= 11 is 1.24. The molecule has 1 aliphatic heterocycles. The predicted octanol–water partition coefficient (Wildman–Crippen LogP) is 3.98. The van der Waals surface area contributed by atoms with Crippen LogP contribution in [0.5, 0.6) is 5.75 Å². The molecule has 0 radical (unpaired) electrons. The molecule has 10 heteroatoms. The van der Waals surface area contributed by atoms with E-state index in [9.17, 15) is 22.2 Å². The summed E-state index contributed by atoms with van der Waals surface area (Å²) in [5.74, 6) is -0.740. The fourth-order valence-electron chi connectivity index (χ4n) is 2.88. The van der Waals surface area contributed by atoms with Gasteiger partial charge in [0.2, 0.25) is 0 Å². The molecule has 2 atom stereocenters. The Hall–Kier alpha value is -2.38. The molecular formula is C18H15F3N2O3S2. The Morgan fingerprint density at radius 3 is 2.64 bits per heavy atom. The number of alkyl halides is 3. The molecule has 3 rings (SSSR count). The van der Waals surface area contributed by atoms with E-state index in [2.05, 4.69) is 0 Å². The predicted molar refractivity (Wildman–Crippen MR) is 96.8 cm³/mol. The molecule has 1 fully saturated rings. The topological polar surface area (TPSA) is 70.4 Å². The highest BCUT2D eigenvalue weighted by Crippen LogP contribution is 2.38. The van der Waals surface area contributed by atoms with Crippen molar-refractivity contribution < 1.29 is 26.9 Å². The summed E-state index contributed by atoms with van der Waals surface area (Å²) in [6, 6.07) is 7.79. The number of nitrogens with zero attached hydrogens (tertiary/aromatic N) is 2. The van der Waals surface area contributed by atoms with Crippen LogP contribution >= 0.6 is 11.3 Å². The number of halogens is 3. The van der Waals surface area contributed by atoms with Crippen LogP contribution in [-0.4, -0.2) is 27.1 Å². The van der Waals surface area contributed by atoms with Gasteiger partial charge in [-0.3, -0.25) is 9.10 Å². The molecule has 5 nitrogen and oxygen atoms in total. The maximum Gasteiger partial charge on any atom is 0.417 e. The highest BCUT2D eigenvalue weighted by Gasteiger charge is 2.50.